The first kappa shape index (κ1) is 14.3. The summed E-state index contributed by atoms with van der Waals surface area (Å²) in [5.41, 5.74) is 1.06. The first-order valence-corrected chi connectivity index (χ1v) is 7.37. The van der Waals surface area contributed by atoms with Crippen molar-refractivity contribution in [2.45, 2.75) is 58.0 Å². The summed E-state index contributed by atoms with van der Waals surface area (Å²) in [4.78, 5) is 11.5. The molecule has 0 amide bonds. The Bertz CT molecular complexity index is 417. The van der Waals surface area contributed by atoms with Crippen LogP contribution in [0.2, 0.25) is 0 Å². The summed E-state index contributed by atoms with van der Waals surface area (Å²) in [5, 5.41) is 3.62. The van der Waals surface area contributed by atoms with E-state index in [2.05, 4.69) is 47.3 Å². The molecule has 1 aromatic heterocycles. The first-order valence-electron chi connectivity index (χ1n) is 7.37. The minimum Gasteiger partial charge on any atom is -0.366 e. The monoisotopic (exact) mass is 262 g/mol. The minimum absolute atomic E-state index is 0.513. The standard InChI is InChI=1S/C15H26N4/c1-5-7-14-16-11(2)10-15(18-14)17-12-8-6-9-13(12)19(3)4/h10,12-13H,5-9H2,1-4H3,(H,16,17,18)/t12-,13-/m1/s1. The number of hydrogen-bond donors (Lipinski definition) is 1. The Balaban J connectivity index is 2.09. The van der Waals surface area contributed by atoms with Crippen molar-refractivity contribution in [2.24, 2.45) is 0 Å². The van der Waals surface area contributed by atoms with Crippen molar-refractivity contribution in [2.75, 3.05) is 19.4 Å². The van der Waals surface area contributed by atoms with Crippen LogP contribution < -0.4 is 5.32 Å². The average molecular weight is 262 g/mol. The van der Waals surface area contributed by atoms with Crippen LogP contribution in [0.15, 0.2) is 6.07 Å². The molecule has 1 fully saturated rings. The zero-order chi connectivity index (χ0) is 13.8. The molecule has 4 nitrogen and oxygen atoms in total. The van der Waals surface area contributed by atoms with E-state index < -0.39 is 0 Å². The molecule has 0 bridgehead atoms. The topological polar surface area (TPSA) is 41.1 Å². The highest BCUT2D eigenvalue weighted by atomic mass is 15.2. The molecule has 1 saturated carbocycles. The molecule has 1 N–H and O–H groups in total. The molecule has 0 radical (unpaired) electrons. The number of nitrogens with one attached hydrogen (secondary N) is 1. The highest BCUT2D eigenvalue weighted by molar-refractivity contribution is 5.38. The quantitative estimate of drug-likeness (QED) is 0.885. The highest BCUT2D eigenvalue weighted by Crippen LogP contribution is 2.25. The van der Waals surface area contributed by atoms with Crippen molar-refractivity contribution >= 4 is 5.82 Å². The van der Waals surface area contributed by atoms with Crippen LogP contribution in [0.5, 0.6) is 0 Å². The molecule has 1 aliphatic rings. The molecule has 1 aromatic rings. The van der Waals surface area contributed by atoms with Crippen molar-refractivity contribution in [3.8, 4) is 0 Å². The lowest BCUT2D eigenvalue weighted by molar-refractivity contribution is 0.284. The number of nitrogens with zero attached hydrogens (tertiary/aromatic N) is 3. The van der Waals surface area contributed by atoms with Crippen LogP contribution in [-0.2, 0) is 6.42 Å². The van der Waals surface area contributed by atoms with Gasteiger partial charge >= 0.3 is 0 Å². The van der Waals surface area contributed by atoms with Gasteiger partial charge in [0.05, 0.1) is 0 Å². The van der Waals surface area contributed by atoms with Gasteiger partial charge in [0, 0.05) is 30.3 Å². The number of hydrogen-bond acceptors (Lipinski definition) is 4. The summed E-state index contributed by atoms with van der Waals surface area (Å²) in [6, 6.07) is 3.19. The maximum Gasteiger partial charge on any atom is 0.130 e. The Hall–Kier alpha value is -1.16. The molecule has 0 aliphatic heterocycles. The molecule has 0 unspecified atom stereocenters. The van der Waals surface area contributed by atoms with E-state index in [1.54, 1.807) is 0 Å². The Morgan fingerprint density at radius 1 is 1.32 bits per heavy atom. The molecule has 2 atom stereocenters. The molecule has 1 aliphatic carbocycles. The first-order chi connectivity index (χ1) is 9.10. The second kappa shape index (κ2) is 6.33. The lowest BCUT2D eigenvalue weighted by atomic mass is 10.1. The second-order valence-electron chi connectivity index (χ2n) is 5.77. The molecule has 0 aromatic carbocycles. The summed E-state index contributed by atoms with van der Waals surface area (Å²) < 4.78 is 0. The van der Waals surface area contributed by atoms with Crippen LogP contribution in [0.1, 0.15) is 44.1 Å². The van der Waals surface area contributed by atoms with Crippen molar-refractivity contribution in [1.29, 1.82) is 0 Å². The molecular weight excluding hydrogens is 236 g/mol. The number of aromatic nitrogens is 2. The van der Waals surface area contributed by atoms with Crippen molar-refractivity contribution in [3.63, 3.8) is 0 Å². The molecule has 4 heteroatoms. The zero-order valence-electron chi connectivity index (χ0n) is 12.6. The van der Waals surface area contributed by atoms with E-state index in [1.807, 2.05) is 6.92 Å². The van der Waals surface area contributed by atoms with Crippen LogP contribution in [-0.4, -0.2) is 41.0 Å². The van der Waals surface area contributed by atoms with Crippen LogP contribution in [0.3, 0.4) is 0 Å². The van der Waals surface area contributed by atoms with Crippen molar-refractivity contribution < 1.29 is 0 Å². The van der Waals surface area contributed by atoms with E-state index >= 15 is 0 Å². The molecular formula is C15H26N4. The molecule has 19 heavy (non-hydrogen) atoms. The predicted molar refractivity (Wildman–Crippen MR) is 79.5 cm³/mol. The van der Waals surface area contributed by atoms with Gasteiger partial charge in [0.1, 0.15) is 11.6 Å². The molecule has 0 saturated heterocycles. The smallest absolute Gasteiger partial charge is 0.130 e. The van der Waals surface area contributed by atoms with Gasteiger partial charge in [0.25, 0.3) is 0 Å². The highest BCUT2D eigenvalue weighted by Gasteiger charge is 2.28. The van der Waals surface area contributed by atoms with Gasteiger partial charge in [-0.1, -0.05) is 6.92 Å². The number of rotatable bonds is 5. The number of anilines is 1. The third-order valence-corrected chi connectivity index (χ3v) is 3.85. The maximum atomic E-state index is 4.64. The van der Waals surface area contributed by atoms with Crippen molar-refractivity contribution in [3.05, 3.63) is 17.6 Å². The van der Waals surface area contributed by atoms with Crippen LogP contribution in [0.25, 0.3) is 0 Å². The van der Waals surface area contributed by atoms with Crippen LogP contribution in [0, 0.1) is 6.92 Å². The maximum absolute atomic E-state index is 4.64. The van der Waals surface area contributed by atoms with Gasteiger partial charge in [-0.25, -0.2) is 9.97 Å². The SMILES string of the molecule is CCCc1nc(C)cc(N[C@@H]2CCC[C@H]2N(C)C)n1. The van der Waals surface area contributed by atoms with Gasteiger partial charge in [-0.15, -0.1) is 0 Å². The lowest BCUT2D eigenvalue weighted by Crippen LogP contribution is -2.39. The van der Waals surface area contributed by atoms with E-state index in [4.69, 9.17) is 0 Å². The van der Waals surface area contributed by atoms with E-state index in [1.165, 1.54) is 19.3 Å². The Morgan fingerprint density at radius 2 is 2.11 bits per heavy atom. The Labute approximate surface area is 116 Å². The van der Waals surface area contributed by atoms with Gasteiger partial charge < -0.3 is 10.2 Å². The number of aryl methyl sites for hydroxylation is 2. The fourth-order valence-electron chi connectivity index (χ4n) is 2.96. The van der Waals surface area contributed by atoms with Gasteiger partial charge in [-0.2, -0.15) is 0 Å². The fourth-order valence-corrected chi connectivity index (χ4v) is 2.96. The molecule has 1 heterocycles. The molecule has 106 valence electrons. The van der Waals surface area contributed by atoms with Gasteiger partial charge in [-0.3, -0.25) is 0 Å². The van der Waals surface area contributed by atoms with Crippen LogP contribution in [0.4, 0.5) is 5.82 Å². The molecule has 0 spiro atoms. The summed E-state index contributed by atoms with van der Waals surface area (Å²) in [5.74, 6) is 1.96. The van der Waals surface area contributed by atoms with Gasteiger partial charge in [0.2, 0.25) is 0 Å². The summed E-state index contributed by atoms with van der Waals surface area (Å²) in [7, 11) is 4.33. The van der Waals surface area contributed by atoms with E-state index in [9.17, 15) is 0 Å². The van der Waals surface area contributed by atoms with Gasteiger partial charge in [-0.05, 0) is 46.7 Å². The second-order valence-corrected chi connectivity index (χ2v) is 5.77. The van der Waals surface area contributed by atoms with Crippen molar-refractivity contribution in [1.82, 2.24) is 14.9 Å². The summed E-state index contributed by atoms with van der Waals surface area (Å²) >= 11 is 0. The largest absolute Gasteiger partial charge is 0.366 e. The lowest BCUT2D eigenvalue weighted by Gasteiger charge is -2.27. The van der Waals surface area contributed by atoms with E-state index in [-0.39, 0.29) is 0 Å². The summed E-state index contributed by atoms with van der Waals surface area (Å²) in [6.07, 6.45) is 5.85. The Kier molecular flexibility index (Phi) is 4.75. The zero-order valence-corrected chi connectivity index (χ0v) is 12.6. The molecule has 2 rings (SSSR count). The summed E-state index contributed by atoms with van der Waals surface area (Å²) in [6.45, 7) is 4.21. The van der Waals surface area contributed by atoms with E-state index in [0.717, 1.165) is 30.2 Å². The Morgan fingerprint density at radius 3 is 2.79 bits per heavy atom. The van der Waals surface area contributed by atoms with E-state index in [0.29, 0.717) is 12.1 Å². The predicted octanol–water partition coefficient (Wildman–Crippen LogP) is 2.63. The fraction of sp³-hybridized carbons (Fsp3) is 0.733. The van der Waals surface area contributed by atoms with Gasteiger partial charge in [0.15, 0.2) is 0 Å². The average Bonchev–Trinajstić information content (AvgIpc) is 2.76. The minimum atomic E-state index is 0.513. The number of likely N-dealkylation sites (N-methyl/N-ethyl adjacent to an activating group) is 1. The third kappa shape index (κ3) is 3.66. The normalized spacial score (nSPS) is 23.0. The van der Waals surface area contributed by atoms with Crippen LogP contribution >= 0.6 is 0 Å². The third-order valence-electron chi connectivity index (χ3n) is 3.85.